The van der Waals surface area contributed by atoms with Crippen molar-refractivity contribution in [2.45, 2.75) is 58.3 Å². The Balaban J connectivity index is 1.87. The molecule has 1 aliphatic carbocycles. The predicted molar refractivity (Wildman–Crippen MR) is 78.9 cm³/mol. The minimum Gasteiger partial charge on any atom is -0.468 e. The summed E-state index contributed by atoms with van der Waals surface area (Å²) in [5.41, 5.74) is 1.36. The molecule has 0 unspecified atom stereocenters. The molecule has 106 valence electrons. The lowest BCUT2D eigenvalue weighted by Crippen LogP contribution is -2.34. The summed E-state index contributed by atoms with van der Waals surface area (Å²) in [5.74, 6) is 1.06. The summed E-state index contributed by atoms with van der Waals surface area (Å²) in [6, 6.07) is 2.90. The Bertz CT molecular complexity index is 413. The van der Waals surface area contributed by atoms with Gasteiger partial charge in [0.1, 0.15) is 5.76 Å². The molecule has 1 saturated carbocycles. The van der Waals surface area contributed by atoms with E-state index in [2.05, 4.69) is 43.6 Å². The maximum absolute atomic E-state index is 5.67. The lowest BCUT2D eigenvalue weighted by Gasteiger charge is -2.19. The summed E-state index contributed by atoms with van der Waals surface area (Å²) in [5, 5.41) is 3.48. The minimum absolute atomic E-state index is 0.139. The SMILES string of the molecule is C=CCN(Cc1cc(CNC(C)(C)C)co1)C1CC1. The van der Waals surface area contributed by atoms with Crippen LogP contribution in [0.25, 0.3) is 0 Å². The van der Waals surface area contributed by atoms with Crippen LogP contribution in [-0.2, 0) is 13.1 Å². The van der Waals surface area contributed by atoms with Gasteiger partial charge in [0.25, 0.3) is 0 Å². The van der Waals surface area contributed by atoms with E-state index in [4.69, 9.17) is 4.42 Å². The van der Waals surface area contributed by atoms with Gasteiger partial charge in [-0.15, -0.1) is 6.58 Å². The standard InChI is InChI=1S/C16H26N2O/c1-5-8-18(14-6-7-14)11-15-9-13(12-19-15)10-17-16(2,3)4/h5,9,12,14,17H,1,6-8,10-11H2,2-4H3. The van der Waals surface area contributed by atoms with E-state index in [0.717, 1.165) is 31.4 Å². The van der Waals surface area contributed by atoms with Crippen LogP contribution in [0.15, 0.2) is 29.4 Å². The van der Waals surface area contributed by atoms with Crippen LogP contribution in [0.4, 0.5) is 0 Å². The maximum atomic E-state index is 5.67. The van der Waals surface area contributed by atoms with Crippen LogP contribution >= 0.6 is 0 Å². The third kappa shape index (κ3) is 4.84. The van der Waals surface area contributed by atoms with E-state index < -0.39 is 0 Å². The molecule has 1 fully saturated rings. The van der Waals surface area contributed by atoms with E-state index in [1.165, 1.54) is 18.4 Å². The molecule has 1 aliphatic rings. The van der Waals surface area contributed by atoms with E-state index in [9.17, 15) is 0 Å². The summed E-state index contributed by atoms with van der Waals surface area (Å²) in [4.78, 5) is 2.44. The first-order valence-electron chi connectivity index (χ1n) is 7.14. The summed E-state index contributed by atoms with van der Waals surface area (Å²) >= 11 is 0. The second-order valence-corrected chi connectivity index (χ2v) is 6.47. The van der Waals surface area contributed by atoms with Gasteiger partial charge < -0.3 is 9.73 Å². The Morgan fingerprint density at radius 1 is 1.47 bits per heavy atom. The number of hydrogen-bond donors (Lipinski definition) is 1. The van der Waals surface area contributed by atoms with Crippen LogP contribution in [0.2, 0.25) is 0 Å². The first-order valence-corrected chi connectivity index (χ1v) is 7.14. The first kappa shape index (κ1) is 14.4. The summed E-state index contributed by atoms with van der Waals surface area (Å²) in [6.45, 7) is 13.1. The highest BCUT2D eigenvalue weighted by Gasteiger charge is 2.28. The molecular weight excluding hydrogens is 236 g/mol. The fourth-order valence-electron chi connectivity index (χ4n) is 2.12. The third-order valence-corrected chi connectivity index (χ3v) is 3.32. The monoisotopic (exact) mass is 262 g/mol. The number of nitrogens with zero attached hydrogens (tertiary/aromatic N) is 1. The summed E-state index contributed by atoms with van der Waals surface area (Å²) < 4.78 is 5.67. The van der Waals surface area contributed by atoms with E-state index in [1.54, 1.807) is 0 Å². The Kier molecular flexibility index (Phi) is 4.48. The molecule has 1 N–H and O–H groups in total. The van der Waals surface area contributed by atoms with Gasteiger partial charge in [-0.1, -0.05) is 6.08 Å². The molecule has 1 aromatic rings. The molecule has 2 rings (SSSR count). The Morgan fingerprint density at radius 3 is 2.79 bits per heavy atom. The van der Waals surface area contributed by atoms with Gasteiger partial charge in [0, 0.05) is 30.2 Å². The summed E-state index contributed by atoms with van der Waals surface area (Å²) in [7, 11) is 0. The van der Waals surface area contributed by atoms with Crippen LogP contribution in [0.3, 0.4) is 0 Å². The molecule has 3 heteroatoms. The molecule has 0 spiro atoms. The fourth-order valence-corrected chi connectivity index (χ4v) is 2.12. The molecule has 0 aliphatic heterocycles. The van der Waals surface area contributed by atoms with Crippen LogP contribution in [0.1, 0.15) is 44.9 Å². The number of rotatable bonds is 7. The Labute approximate surface area is 116 Å². The molecule has 1 aromatic heterocycles. The third-order valence-electron chi connectivity index (χ3n) is 3.32. The highest BCUT2D eigenvalue weighted by molar-refractivity contribution is 5.13. The lowest BCUT2D eigenvalue weighted by molar-refractivity contribution is 0.258. The van der Waals surface area contributed by atoms with Crippen LogP contribution in [0, 0.1) is 0 Å². The van der Waals surface area contributed by atoms with Crippen LogP contribution < -0.4 is 5.32 Å². The maximum Gasteiger partial charge on any atom is 0.118 e. The summed E-state index contributed by atoms with van der Waals surface area (Å²) in [6.07, 6.45) is 6.47. The van der Waals surface area contributed by atoms with E-state index >= 15 is 0 Å². The minimum atomic E-state index is 0.139. The van der Waals surface area contributed by atoms with Crippen LogP contribution in [-0.4, -0.2) is 23.0 Å². The first-order chi connectivity index (χ1) is 8.98. The average Bonchev–Trinajstić information content (AvgIpc) is 3.07. The zero-order valence-corrected chi connectivity index (χ0v) is 12.4. The van der Waals surface area contributed by atoms with Crippen molar-refractivity contribution >= 4 is 0 Å². The van der Waals surface area contributed by atoms with Gasteiger partial charge >= 0.3 is 0 Å². The molecule has 3 nitrogen and oxygen atoms in total. The molecule has 0 radical (unpaired) electrons. The zero-order valence-electron chi connectivity index (χ0n) is 12.4. The van der Waals surface area contributed by atoms with Crippen molar-refractivity contribution in [3.8, 4) is 0 Å². The predicted octanol–water partition coefficient (Wildman–Crippen LogP) is 3.32. The van der Waals surface area contributed by atoms with E-state index in [0.29, 0.717) is 0 Å². The van der Waals surface area contributed by atoms with Gasteiger partial charge in [-0.05, 0) is 39.7 Å². The molecule has 0 aromatic carbocycles. The van der Waals surface area contributed by atoms with Crippen molar-refractivity contribution in [1.29, 1.82) is 0 Å². The molecule has 0 bridgehead atoms. The Morgan fingerprint density at radius 2 is 2.21 bits per heavy atom. The normalized spacial score (nSPS) is 16.0. The van der Waals surface area contributed by atoms with Crippen LogP contribution in [0.5, 0.6) is 0 Å². The largest absolute Gasteiger partial charge is 0.468 e. The van der Waals surface area contributed by atoms with Crippen molar-refractivity contribution in [1.82, 2.24) is 10.2 Å². The fraction of sp³-hybridized carbons (Fsp3) is 0.625. The molecule has 19 heavy (non-hydrogen) atoms. The molecular formula is C16H26N2O. The van der Waals surface area contributed by atoms with Gasteiger partial charge in [0.2, 0.25) is 0 Å². The van der Waals surface area contributed by atoms with Gasteiger partial charge in [-0.2, -0.15) is 0 Å². The zero-order chi connectivity index (χ0) is 13.9. The van der Waals surface area contributed by atoms with E-state index in [-0.39, 0.29) is 5.54 Å². The van der Waals surface area contributed by atoms with Crippen molar-refractivity contribution in [3.05, 3.63) is 36.3 Å². The van der Waals surface area contributed by atoms with Gasteiger partial charge in [-0.25, -0.2) is 0 Å². The smallest absolute Gasteiger partial charge is 0.118 e. The average molecular weight is 262 g/mol. The van der Waals surface area contributed by atoms with Crippen molar-refractivity contribution in [3.63, 3.8) is 0 Å². The molecule has 0 saturated heterocycles. The van der Waals surface area contributed by atoms with E-state index in [1.807, 2.05) is 12.3 Å². The number of hydrogen-bond acceptors (Lipinski definition) is 3. The topological polar surface area (TPSA) is 28.4 Å². The Hall–Kier alpha value is -1.06. The number of furan rings is 1. The molecule has 0 amide bonds. The number of nitrogens with one attached hydrogen (secondary N) is 1. The second kappa shape index (κ2) is 5.93. The van der Waals surface area contributed by atoms with Gasteiger partial charge in [0.05, 0.1) is 12.8 Å². The van der Waals surface area contributed by atoms with Crippen molar-refractivity contribution in [2.75, 3.05) is 6.54 Å². The van der Waals surface area contributed by atoms with Gasteiger partial charge in [-0.3, -0.25) is 4.90 Å². The molecule has 0 atom stereocenters. The lowest BCUT2D eigenvalue weighted by atomic mass is 10.1. The highest BCUT2D eigenvalue weighted by Crippen LogP contribution is 2.28. The van der Waals surface area contributed by atoms with Gasteiger partial charge in [0.15, 0.2) is 0 Å². The quantitative estimate of drug-likeness (QED) is 0.764. The second-order valence-electron chi connectivity index (χ2n) is 6.47. The molecule has 1 heterocycles. The highest BCUT2D eigenvalue weighted by atomic mass is 16.3. The van der Waals surface area contributed by atoms with Crippen molar-refractivity contribution < 1.29 is 4.42 Å². The van der Waals surface area contributed by atoms with Crippen molar-refractivity contribution in [2.24, 2.45) is 0 Å².